The van der Waals surface area contributed by atoms with Crippen molar-refractivity contribution in [1.82, 2.24) is 14.5 Å². The third-order valence-corrected chi connectivity index (χ3v) is 8.39. The van der Waals surface area contributed by atoms with Gasteiger partial charge in [0.25, 0.3) is 21.8 Å². The SMILES string of the molecule is Cl.O=C(c1ccc2c(c1)S(=O)(=O)N(C1CC1)C2=O)N1CCC2(CCNC2)CC1. The smallest absolute Gasteiger partial charge is 0.269 e. The van der Waals surface area contributed by atoms with Crippen LogP contribution >= 0.6 is 12.4 Å². The Kier molecular flexibility index (Phi) is 4.71. The maximum Gasteiger partial charge on any atom is 0.269 e. The van der Waals surface area contributed by atoms with E-state index in [9.17, 15) is 18.0 Å². The van der Waals surface area contributed by atoms with E-state index in [1.165, 1.54) is 12.1 Å². The van der Waals surface area contributed by atoms with Crippen LogP contribution in [0.1, 0.15) is 52.8 Å². The van der Waals surface area contributed by atoms with E-state index in [4.69, 9.17) is 0 Å². The van der Waals surface area contributed by atoms with Gasteiger partial charge in [-0.1, -0.05) is 0 Å². The second-order valence-electron chi connectivity index (χ2n) is 8.27. The zero-order chi connectivity index (χ0) is 18.8. The summed E-state index contributed by atoms with van der Waals surface area (Å²) in [6, 6.07) is 4.27. The van der Waals surface area contributed by atoms with Crippen molar-refractivity contribution >= 4 is 34.2 Å². The number of carbonyl (C=O) groups is 2. The lowest BCUT2D eigenvalue weighted by molar-refractivity contribution is 0.0607. The van der Waals surface area contributed by atoms with Gasteiger partial charge < -0.3 is 10.2 Å². The van der Waals surface area contributed by atoms with Crippen LogP contribution in [0.25, 0.3) is 0 Å². The maximum absolute atomic E-state index is 12.9. The van der Waals surface area contributed by atoms with Crippen LogP contribution in [0, 0.1) is 5.41 Å². The summed E-state index contributed by atoms with van der Waals surface area (Å²) >= 11 is 0. The zero-order valence-corrected chi connectivity index (χ0v) is 17.2. The number of nitrogens with one attached hydrogen (secondary N) is 1. The summed E-state index contributed by atoms with van der Waals surface area (Å²) in [5.41, 5.74) is 0.853. The molecule has 1 saturated carbocycles. The number of likely N-dealkylation sites (tertiary alicyclic amines) is 1. The summed E-state index contributed by atoms with van der Waals surface area (Å²) in [5.74, 6) is -0.605. The topological polar surface area (TPSA) is 86.8 Å². The Labute approximate surface area is 170 Å². The van der Waals surface area contributed by atoms with Crippen LogP contribution in [0.5, 0.6) is 0 Å². The molecule has 0 bridgehead atoms. The fourth-order valence-corrected chi connectivity index (χ4v) is 6.48. The van der Waals surface area contributed by atoms with Gasteiger partial charge in [-0.2, -0.15) is 0 Å². The molecule has 1 aromatic carbocycles. The summed E-state index contributed by atoms with van der Waals surface area (Å²) in [4.78, 5) is 27.2. The summed E-state index contributed by atoms with van der Waals surface area (Å²) in [5, 5.41) is 3.41. The van der Waals surface area contributed by atoms with E-state index in [1.54, 1.807) is 6.07 Å². The van der Waals surface area contributed by atoms with E-state index < -0.39 is 15.9 Å². The highest BCUT2D eigenvalue weighted by molar-refractivity contribution is 7.90. The normalized spacial score (nSPS) is 24.9. The molecular weight excluding hydrogens is 402 g/mol. The number of piperidine rings is 1. The average Bonchev–Trinajstić information content (AvgIpc) is 3.35. The van der Waals surface area contributed by atoms with Crippen molar-refractivity contribution < 1.29 is 18.0 Å². The van der Waals surface area contributed by atoms with E-state index in [1.807, 2.05) is 4.90 Å². The van der Waals surface area contributed by atoms with Crippen LogP contribution < -0.4 is 5.32 Å². The largest absolute Gasteiger partial charge is 0.339 e. The van der Waals surface area contributed by atoms with Gasteiger partial charge in [-0.05, 0) is 62.3 Å². The number of rotatable bonds is 2. The molecule has 5 rings (SSSR count). The molecule has 1 aliphatic carbocycles. The zero-order valence-electron chi connectivity index (χ0n) is 15.5. The van der Waals surface area contributed by atoms with Gasteiger partial charge in [-0.15, -0.1) is 12.4 Å². The highest BCUT2D eigenvalue weighted by Gasteiger charge is 2.49. The number of nitrogens with zero attached hydrogens (tertiary/aromatic N) is 2. The number of hydrogen-bond acceptors (Lipinski definition) is 5. The molecule has 7 nitrogen and oxygen atoms in total. The fraction of sp³-hybridized carbons (Fsp3) is 0.579. The summed E-state index contributed by atoms with van der Waals surface area (Å²) in [6.45, 7) is 3.45. The molecule has 1 N–H and O–H groups in total. The standard InChI is InChI=1S/C19H23N3O4S.ClH/c23-17(21-9-6-19(7-10-21)5-8-20-12-19)13-1-4-15-16(11-13)27(25,26)22(18(15)24)14-2-3-14;/h1,4,11,14,20H,2-3,5-10,12H2;1H. The monoisotopic (exact) mass is 425 g/mol. The lowest BCUT2D eigenvalue weighted by atomic mass is 9.78. The molecule has 2 saturated heterocycles. The van der Waals surface area contributed by atoms with Crippen molar-refractivity contribution in [2.45, 2.75) is 43.0 Å². The fourth-order valence-electron chi connectivity index (χ4n) is 4.64. The highest BCUT2D eigenvalue weighted by atomic mass is 35.5. The van der Waals surface area contributed by atoms with Crippen LogP contribution in [0.4, 0.5) is 0 Å². The van der Waals surface area contributed by atoms with Crippen molar-refractivity contribution in [3.63, 3.8) is 0 Å². The minimum atomic E-state index is -3.83. The molecule has 9 heteroatoms. The van der Waals surface area contributed by atoms with Gasteiger partial charge in [0.2, 0.25) is 0 Å². The maximum atomic E-state index is 12.9. The van der Waals surface area contributed by atoms with Gasteiger partial charge >= 0.3 is 0 Å². The molecule has 0 unspecified atom stereocenters. The third kappa shape index (κ3) is 2.93. The molecule has 28 heavy (non-hydrogen) atoms. The van der Waals surface area contributed by atoms with Crippen LogP contribution in [-0.2, 0) is 10.0 Å². The van der Waals surface area contributed by atoms with E-state index in [-0.39, 0.29) is 34.8 Å². The molecule has 4 aliphatic rings. The Morgan fingerprint density at radius 2 is 1.86 bits per heavy atom. The first kappa shape index (κ1) is 19.7. The van der Waals surface area contributed by atoms with Gasteiger partial charge in [0.1, 0.15) is 4.90 Å². The lowest BCUT2D eigenvalue weighted by Gasteiger charge is -2.38. The van der Waals surface area contributed by atoms with Crippen LogP contribution in [0.15, 0.2) is 23.1 Å². The van der Waals surface area contributed by atoms with Crippen LogP contribution in [0.3, 0.4) is 0 Å². The third-order valence-electron chi connectivity index (χ3n) is 6.52. The highest BCUT2D eigenvalue weighted by Crippen LogP contribution is 2.40. The average molecular weight is 426 g/mol. The first-order valence-corrected chi connectivity index (χ1v) is 11.1. The van der Waals surface area contributed by atoms with E-state index in [0.29, 0.717) is 24.1 Å². The van der Waals surface area contributed by atoms with Crippen LogP contribution in [-0.4, -0.2) is 61.7 Å². The quantitative estimate of drug-likeness (QED) is 0.778. The van der Waals surface area contributed by atoms with Gasteiger partial charge in [-0.3, -0.25) is 9.59 Å². The molecule has 0 radical (unpaired) electrons. The van der Waals surface area contributed by atoms with Gasteiger partial charge in [0.05, 0.1) is 5.56 Å². The summed E-state index contributed by atoms with van der Waals surface area (Å²) < 4.78 is 26.5. The number of sulfonamides is 1. The van der Waals surface area contributed by atoms with E-state index >= 15 is 0 Å². The predicted octanol–water partition coefficient (Wildman–Crippen LogP) is 1.63. The van der Waals surface area contributed by atoms with Gasteiger partial charge in [-0.25, -0.2) is 12.7 Å². The molecule has 2 amide bonds. The Hall–Kier alpha value is -1.64. The van der Waals surface area contributed by atoms with Crippen molar-refractivity contribution in [1.29, 1.82) is 0 Å². The van der Waals surface area contributed by atoms with Crippen molar-refractivity contribution in [2.24, 2.45) is 5.41 Å². The molecule has 0 atom stereocenters. The number of carbonyl (C=O) groups excluding carboxylic acids is 2. The van der Waals surface area contributed by atoms with E-state index in [0.717, 1.165) is 49.5 Å². The molecule has 0 aromatic heterocycles. The molecule has 1 aromatic rings. The molecule has 3 aliphatic heterocycles. The van der Waals surface area contributed by atoms with Crippen molar-refractivity contribution in [2.75, 3.05) is 26.2 Å². The summed E-state index contributed by atoms with van der Waals surface area (Å²) in [7, 11) is -3.83. The molecule has 1 spiro atoms. The van der Waals surface area contributed by atoms with Gasteiger partial charge in [0, 0.05) is 31.2 Å². The Bertz CT molecular complexity index is 928. The number of benzene rings is 1. The first-order valence-electron chi connectivity index (χ1n) is 9.64. The van der Waals surface area contributed by atoms with Crippen molar-refractivity contribution in [3.05, 3.63) is 29.3 Å². The second-order valence-corrected chi connectivity index (χ2v) is 10.1. The van der Waals surface area contributed by atoms with E-state index in [2.05, 4.69) is 5.32 Å². The molecule has 152 valence electrons. The Morgan fingerprint density at radius 3 is 2.46 bits per heavy atom. The number of hydrogen-bond donors (Lipinski definition) is 1. The molecule has 3 fully saturated rings. The van der Waals surface area contributed by atoms with Crippen molar-refractivity contribution in [3.8, 4) is 0 Å². The Balaban J connectivity index is 0.00000192. The number of amides is 2. The Morgan fingerprint density at radius 1 is 1.14 bits per heavy atom. The second kappa shape index (κ2) is 6.71. The molecular formula is C19H24ClN3O4S. The van der Waals surface area contributed by atoms with Gasteiger partial charge in [0.15, 0.2) is 0 Å². The van der Waals surface area contributed by atoms with Crippen LogP contribution in [0.2, 0.25) is 0 Å². The molecule has 3 heterocycles. The number of fused-ring (bicyclic) bond motifs is 1. The minimum absolute atomic E-state index is 0. The first-order chi connectivity index (χ1) is 12.9. The number of halogens is 1. The minimum Gasteiger partial charge on any atom is -0.339 e. The predicted molar refractivity (Wildman–Crippen MR) is 105 cm³/mol. The summed E-state index contributed by atoms with van der Waals surface area (Å²) in [6.07, 6.45) is 4.54. The lowest BCUT2D eigenvalue weighted by Crippen LogP contribution is -2.44.